The van der Waals surface area contributed by atoms with E-state index < -0.39 is 0 Å². The summed E-state index contributed by atoms with van der Waals surface area (Å²) in [6.07, 6.45) is 2.20. The molecule has 2 rings (SSSR count). The molecule has 2 N–H and O–H groups in total. The van der Waals surface area contributed by atoms with Crippen molar-refractivity contribution < 1.29 is 10.2 Å². The summed E-state index contributed by atoms with van der Waals surface area (Å²) in [5, 5.41) is 18.8. The van der Waals surface area contributed by atoms with Crippen LogP contribution in [-0.4, -0.2) is 10.2 Å². The summed E-state index contributed by atoms with van der Waals surface area (Å²) in [5.74, 6) is 0.875. The van der Waals surface area contributed by atoms with E-state index in [2.05, 4.69) is 65.8 Å². The summed E-state index contributed by atoms with van der Waals surface area (Å²) in [6.45, 7) is 14.1. The first-order valence-electron chi connectivity index (χ1n) is 10.4. The minimum Gasteiger partial charge on any atom is -0.392 e. The van der Waals surface area contributed by atoms with Gasteiger partial charge in [0.2, 0.25) is 0 Å². The molecule has 2 heteroatoms. The Balaban J connectivity index is 2.37. The van der Waals surface area contributed by atoms with Crippen LogP contribution in [-0.2, 0) is 13.2 Å². The number of aliphatic hydroxyl groups excluding tert-OH is 2. The van der Waals surface area contributed by atoms with Gasteiger partial charge in [0.1, 0.15) is 0 Å². The van der Waals surface area contributed by atoms with Crippen molar-refractivity contribution in [1.82, 2.24) is 0 Å². The molecule has 0 amide bonds. The van der Waals surface area contributed by atoms with E-state index in [0.29, 0.717) is 11.8 Å². The molecule has 2 atom stereocenters. The lowest BCUT2D eigenvalue weighted by molar-refractivity contribution is 0.255. The molecule has 2 nitrogen and oxygen atoms in total. The fraction of sp³-hybridized carbons (Fsp3) is 0.538. The normalized spacial score (nSPS) is 14.7. The van der Waals surface area contributed by atoms with Crippen molar-refractivity contribution in [3.05, 3.63) is 70.8 Å². The largest absolute Gasteiger partial charge is 0.392 e. The molecular formula is C26H38O2. The lowest BCUT2D eigenvalue weighted by atomic mass is 9.68. The van der Waals surface area contributed by atoms with Gasteiger partial charge in [0.25, 0.3) is 0 Å². The molecule has 0 fully saturated rings. The van der Waals surface area contributed by atoms with Gasteiger partial charge >= 0.3 is 0 Å². The van der Waals surface area contributed by atoms with Gasteiger partial charge in [0, 0.05) is 0 Å². The van der Waals surface area contributed by atoms with Crippen molar-refractivity contribution in [2.45, 2.75) is 79.4 Å². The zero-order chi connectivity index (χ0) is 20.9. The van der Waals surface area contributed by atoms with Crippen LogP contribution < -0.4 is 0 Å². The van der Waals surface area contributed by atoms with Gasteiger partial charge in [0.05, 0.1) is 13.2 Å². The molecule has 0 saturated carbocycles. The highest BCUT2D eigenvalue weighted by molar-refractivity contribution is 5.29. The van der Waals surface area contributed by atoms with E-state index in [1.54, 1.807) is 0 Å². The van der Waals surface area contributed by atoms with Gasteiger partial charge in [-0.25, -0.2) is 0 Å². The van der Waals surface area contributed by atoms with Crippen molar-refractivity contribution in [3.63, 3.8) is 0 Å². The Labute approximate surface area is 171 Å². The second kappa shape index (κ2) is 9.24. The van der Waals surface area contributed by atoms with E-state index in [9.17, 15) is 10.2 Å². The van der Waals surface area contributed by atoms with Crippen molar-refractivity contribution in [3.8, 4) is 0 Å². The van der Waals surface area contributed by atoms with E-state index in [1.807, 2.05) is 24.3 Å². The fourth-order valence-corrected chi connectivity index (χ4v) is 4.10. The Bertz CT molecular complexity index is 715. The number of hydrogen-bond donors (Lipinski definition) is 2. The lowest BCUT2D eigenvalue weighted by Crippen LogP contribution is -2.23. The molecule has 0 heterocycles. The minimum absolute atomic E-state index is 0.0876. The Hall–Kier alpha value is -1.64. The van der Waals surface area contributed by atoms with Gasteiger partial charge in [-0.15, -0.1) is 0 Å². The maximum absolute atomic E-state index is 9.38. The van der Waals surface area contributed by atoms with E-state index in [0.717, 1.165) is 24.0 Å². The second-order valence-corrected chi connectivity index (χ2v) is 10.4. The predicted octanol–water partition coefficient (Wildman–Crippen LogP) is 6.41. The van der Waals surface area contributed by atoms with Crippen LogP contribution in [0.25, 0.3) is 0 Å². The summed E-state index contributed by atoms with van der Waals surface area (Å²) < 4.78 is 0. The number of hydrogen-bond acceptors (Lipinski definition) is 2. The molecule has 0 saturated heterocycles. The summed E-state index contributed by atoms with van der Waals surface area (Å²) in [5.41, 5.74) is 5.00. The fourth-order valence-electron chi connectivity index (χ4n) is 4.10. The zero-order valence-corrected chi connectivity index (χ0v) is 18.5. The third-order valence-corrected chi connectivity index (χ3v) is 5.62. The van der Waals surface area contributed by atoms with E-state index in [4.69, 9.17) is 0 Å². The average Bonchev–Trinajstić information content (AvgIpc) is 2.63. The van der Waals surface area contributed by atoms with Gasteiger partial charge < -0.3 is 10.2 Å². The number of rotatable bonds is 7. The average molecular weight is 383 g/mol. The van der Waals surface area contributed by atoms with E-state index in [-0.39, 0.29) is 24.0 Å². The molecule has 0 aromatic heterocycles. The van der Waals surface area contributed by atoms with Crippen LogP contribution in [0.3, 0.4) is 0 Å². The smallest absolute Gasteiger partial charge is 0.0681 e. The lowest BCUT2D eigenvalue weighted by Gasteiger charge is -2.36. The van der Waals surface area contributed by atoms with Gasteiger partial charge in [-0.2, -0.15) is 0 Å². The molecule has 0 radical (unpaired) electrons. The highest BCUT2D eigenvalue weighted by atomic mass is 16.3. The predicted molar refractivity (Wildman–Crippen MR) is 118 cm³/mol. The summed E-state index contributed by atoms with van der Waals surface area (Å²) >= 11 is 0. The highest BCUT2D eigenvalue weighted by Crippen LogP contribution is 2.45. The van der Waals surface area contributed by atoms with Gasteiger partial charge in [-0.05, 0) is 57.8 Å². The SMILES string of the molecule is CC(C)(C)CC(CC(c1ccc(CO)cc1)C(C)(C)C)c1ccc(CO)cc1. The molecule has 0 aliphatic heterocycles. The van der Waals surface area contributed by atoms with E-state index >= 15 is 0 Å². The first-order valence-corrected chi connectivity index (χ1v) is 10.4. The van der Waals surface area contributed by atoms with Crippen LogP contribution in [0.1, 0.15) is 88.5 Å². The summed E-state index contributed by atoms with van der Waals surface area (Å²) in [4.78, 5) is 0. The zero-order valence-electron chi connectivity index (χ0n) is 18.5. The molecule has 2 aromatic carbocycles. The molecule has 2 aromatic rings. The van der Waals surface area contributed by atoms with Crippen molar-refractivity contribution >= 4 is 0 Å². The topological polar surface area (TPSA) is 40.5 Å². The molecule has 28 heavy (non-hydrogen) atoms. The standard InChI is InChI=1S/C26H38O2/c1-25(2,3)16-23(21-11-7-19(17-27)8-12-21)15-24(26(4,5)6)22-13-9-20(18-28)10-14-22/h7-14,23-24,27-28H,15-18H2,1-6H3. The number of benzene rings is 2. The van der Waals surface area contributed by atoms with Gasteiger partial charge in [-0.1, -0.05) is 90.1 Å². The quantitative estimate of drug-likeness (QED) is 0.581. The summed E-state index contributed by atoms with van der Waals surface area (Å²) in [6, 6.07) is 16.9. The molecule has 0 aliphatic carbocycles. The maximum atomic E-state index is 9.38. The Morgan fingerprint density at radius 2 is 1.11 bits per heavy atom. The van der Waals surface area contributed by atoms with Gasteiger partial charge in [-0.3, -0.25) is 0 Å². The molecule has 2 unspecified atom stereocenters. The first kappa shape index (κ1) is 22.6. The van der Waals surface area contributed by atoms with Crippen molar-refractivity contribution in [2.75, 3.05) is 0 Å². The molecule has 154 valence electrons. The first-order chi connectivity index (χ1) is 13.0. The van der Waals surface area contributed by atoms with Crippen molar-refractivity contribution in [1.29, 1.82) is 0 Å². The third-order valence-electron chi connectivity index (χ3n) is 5.62. The van der Waals surface area contributed by atoms with Gasteiger partial charge in [0.15, 0.2) is 0 Å². The highest BCUT2D eigenvalue weighted by Gasteiger charge is 2.31. The number of aliphatic hydroxyl groups is 2. The third kappa shape index (κ3) is 6.46. The van der Waals surface area contributed by atoms with Crippen LogP contribution in [0, 0.1) is 10.8 Å². The van der Waals surface area contributed by atoms with Crippen molar-refractivity contribution in [2.24, 2.45) is 10.8 Å². The van der Waals surface area contributed by atoms with E-state index in [1.165, 1.54) is 11.1 Å². The Morgan fingerprint density at radius 3 is 1.46 bits per heavy atom. The van der Waals surface area contributed by atoms with Crippen LogP contribution in [0.4, 0.5) is 0 Å². The van der Waals surface area contributed by atoms with Crippen LogP contribution >= 0.6 is 0 Å². The maximum Gasteiger partial charge on any atom is 0.0681 e. The van der Waals surface area contributed by atoms with Crippen LogP contribution in [0.2, 0.25) is 0 Å². The molecular weight excluding hydrogens is 344 g/mol. The molecule has 0 spiro atoms. The Kier molecular flexibility index (Phi) is 7.47. The minimum atomic E-state index is 0.0876. The summed E-state index contributed by atoms with van der Waals surface area (Å²) in [7, 11) is 0. The second-order valence-electron chi connectivity index (χ2n) is 10.4. The Morgan fingerprint density at radius 1 is 0.679 bits per heavy atom. The monoisotopic (exact) mass is 382 g/mol. The molecule has 0 aliphatic rings. The molecule has 0 bridgehead atoms. The van der Waals surface area contributed by atoms with Crippen LogP contribution in [0.15, 0.2) is 48.5 Å². The van der Waals surface area contributed by atoms with Crippen LogP contribution in [0.5, 0.6) is 0 Å².